The van der Waals surface area contributed by atoms with Crippen LogP contribution in [0.1, 0.15) is 5.56 Å². The van der Waals surface area contributed by atoms with Gasteiger partial charge in [0.15, 0.2) is 0 Å². The van der Waals surface area contributed by atoms with Gasteiger partial charge in [0.05, 0.1) is 4.90 Å². The van der Waals surface area contributed by atoms with Crippen molar-refractivity contribution in [3.05, 3.63) is 52.7 Å². The van der Waals surface area contributed by atoms with Gasteiger partial charge in [0, 0.05) is 31.2 Å². The number of aromatic amines is 2. The fourth-order valence-corrected chi connectivity index (χ4v) is 2.28. The molecular formula is C10H11N3O3S. The molecular weight excluding hydrogens is 242 g/mol. The molecule has 0 aliphatic carbocycles. The summed E-state index contributed by atoms with van der Waals surface area (Å²) in [5.41, 5.74) is 0.493. The maximum absolute atomic E-state index is 11.8. The summed E-state index contributed by atoms with van der Waals surface area (Å²) in [5, 5.41) is 0. The van der Waals surface area contributed by atoms with Crippen LogP contribution in [0.2, 0.25) is 0 Å². The van der Waals surface area contributed by atoms with Crippen LogP contribution in [0.25, 0.3) is 0 Å². The van der Waals surface area contributed by atoms with Gasteiger partial charge in [-0.25, -0.2) is 13.1 Å². The van der Waals surface area contributed by atoms with Crippen molar-refractivity contribution >= 4 is 10.0 Å². The first-order valence-electron chi connectivity index (χ1n) is 4.88. The van der Waals surface area contributed by atoms with E-state index in [0.29, 0.717) is 0 Å². The molecule has 0 aromatic carbocycles. The minimum Gasteiger partial charge on any atom is -0.367 e. The van der Waals surface area contributed by atoms with Crippen LogP contribution in [-0.4, -0.2) is 18.4 Å². The van der Waals surface area contributed by atoms with Gasteiger partial charge in [0.1, 0.15) is 0 Å². The van der Waals surface area contributed by atoms with Crippen LogP contribution in [0, 0.1) is 0 Å². The first-order valence-corrected chi connectivity index (χ1v) is 6.36. The van der Waals surface area contributed by atoms with Gasteiger partial charge in [-0.2, -0.15) is 0 Å². The molecule has 7 heteroatoms. The lowest BCUT2D eigenvalue weighted by Gasteiger charge is -2.04. The number of nitrogens with one attached hydrogen (secondary N) is 3. The van der Waals surface area contributed by atoms with E-state index < -0.39 is 10.0 Å². The molecule has 0 spiro atoms. The lowest BCUT2D eigenvalue weighted by Crippen LogP contribution is -2.23. The summed E-state index contributed by atoms with van der Waals surface area (Å²) in [6.45, 7) is 0.199. The molecule has 0 saturated heterocycles. The van der Waals surface area contributed by atoms with Crippen molar-refractivity contribution in [1.82, 2.24) is 14.7 Å². The Morgan fingerprint density at radius 3 is 2.59 bits per heavy atom. The predicted molar refractivity (Wildman–Crippen MR) is 61.9 cm³/mol. The van der Waals surface area contributed by atoms with E-state index in [-0.39, 0.29) is 17.0 Å². The van der Waals surface area contributed by atoms with Crippen LogP contribution >= 0.6 is 0 Å². The zero-order valence-corrected chi connectivity index (χ0v) is 9.62. The Kier molecular flexibility index (Phi) is 3.12. The highest BCUT2D eigenvalue weighted by atomic mass is 32.2. The van der Waals surface area contributed by atoms with Crippen molar-refractivity contribution in [2.75, 3.05) is 0 Å². The highest BCUT2D eigenvalue weighted by Gasteiger charge is 2.13. The summed E-state index contributed by atoms with van der Waals surface area (Å²) in [7, 11) is -3.59. The van der Waals surface area contributed by atoms with Crippen molar-refractivity contribution in [3.8, 4) is 0 Å². The zero-order chi connectivity index (χ0) is 12.3. The van der Waals surface area contributed by atoms with Crippen molar-refractivity contribution in [3.63, 3.8) is 0 Å². The third-order valence-corrected chi connectivity index (χ3v) is 3.59. The molecule has 2 aromatic rings. The number of hydrogen-bond donors (Lipinski definition) is 3. The van der Waals surface area contributed by atoms with E-state index in [9.17, 15) is 13.2 Å². The van der Waals surface area contributed by atoms with Crippen LogP contribution in [0.15, 0.2) is 46.5 Å². The van der Waals surface area contributed by atoms with Gasteiger partial charge >= 0.3 is 0 Å². The van der Waals surface area contributed by atoms with Crippen molar-refractivity contribution in [2.45, 2.75) is 11.4 Å². The average Bonchev–Trinajstić information content (AvgIpc) is 2.80. The first kappa shape index (κ1) is 11.6. The number of rotatable bonds is 4. The van der Waals surface area contributed by atoms with Gasteiger partial charge in [0.25, 0.3) is 0 Å². The first-order chi connectivity index (χ1) is 8.08. The minimum atomic E-state index is -3.59. The van der Waals surface area contributed by atoms with Gasteiger partial charge < -0.3 is 9.97 Å². The van der Waals surface area contributed by atoms with E-state index in [1.165, 1.54) is 18.3 Å². The molecule has 0 atom stereocenters. The highest BCUT2D eigenvalue weighted by Crippen LogP contribution is 2.05. The van der Waals surface area contributed by atoms with Crippen LogP contribution < -0.4 is 10.3 Å². The molecule has 0 amide bonds. The van der Waals surface area contributed by atoms with Crippen molar-refractivity contribution < 1.29 is 8.42 Å². The normalized spacial score (nSPS) is 11.5. The molecule has 0 bridgehead atoms. The maximum atomic E-state index is 11.8. The van der Waals surface area contributed by atoms with E-state index in [1.54, 1.807) is 18.5 Å². The minimum absolute atomic E-state index is 0.0348. The molecule has 0 fully saturated rings. The third kappa shape index (κ3) is 2.83. The molecule has 2 rings (SSSR count). The molecule has 0 aliphatic rings. The summed E-state index contributed by atoms with van der Waals surface area (Å²) < 4.78 is 26.0. The Morgan fingerprint density at radius 2 is 2.00 bits per heavy atom. The van der Waals surface area contributed by atoms with Gasteiger partial charge in [-0.3, -0.25) is 4.79 Å². The quantitative estimate of drug-likeness (QED) is 0.725. The Bertz CT molecular complexity index is 623. The zero-order valence-electron chi connectivity index (χ0n) is 8.80. The summed E-state index contributed by atoms with van der Waals surface area (Å²) in [6, 6.07) is 4.21. The van der Waals surface area contributed by atoms with E-state index in [2.05, 4.69) is 14.7 Å². The molecule has 17 heavy (non-hydrogen) atoms. The van der Waals surface area contributed by atoms with E-state index >= 15 is 0 Å². The topological polar surface area (TPSA) is 94.8 Å². The largest absolute Gasteiger partial charge is 0.367 e. The number of sulfonamides is 1. The number of pyridine rings is 1. The standard InChI is InChI=1S/C10H11N3O3S/c14-10-2-1-9(7-12-10)17(15,16)13-6-8-3-4-11-5-8/h1-5,7,11,13H,6H2,(H,12,14). The average molecular weight is 253 g/mol. The lowest BCUT2D eigenvalue weighted by molar-refractivity contribution is 0.581. The second-order valence-corrected chi connectivity index (χ2v) is 5.20. The van der Waals surface area contributed by atoms with Gasteiger partial charge in [-0.15, -0.1) is 0 Å². The molecule has 2 aromatic heterocycles. The smallest absolute Gasteiger partial charge is 0.247 e. The molecule has 6 nitrogen and oxygen atoms in total. The molecule has 0 aliphatic heterocycles. The summed E-state index contributed by atoms with van der Waals surface area (Å²) in [6.07, 6.45) is 4.58. The molecule has 0 saturated carbocycles. The van der Waals surface area contributed by atoms with Crippen LogP contribution in [0.3, 0.4) is 0 Å². The molecule has 90 valence electrons. The van der Waals surface area contributed by atoms with Crippen molar-refractivity contribution in [1.29, 1.82) is 0 Å². The van der Waals surface area contributed by atoms with Gasteiger partial charge in [-0.05, 0) is 17.7 Å². The number of aromatic nitrogens is 2. The summed E-state index contributed by atoms with van der Waals surface area (Å²) in [5.74, 6) is 0. The van der Waals surface area contributed by atoms with Gasteiger partial charge in [-0.1, -0.05) is 0 Å². The molecule has 2 heterocycles. The van der Waals surface area contributed by atoms with Crippen LogP contribution in [0.5, 0.6) is 0 Å². The monoisotopic (exact) mass is 253 g/mol. The molecule has 0 radical (unpaired) electrons. The number of H-pyrrole nitrogens is 2. The highest BCUT2D eigenvalue weighted by molar-refractivity contribution is 7.89. The third-order valence-electron chi connectivity index (χ3n) is 2.19. The van der Waals surface area contributed by atoms with Crippen molar-refractivity contribution in [2.24, 2.45) is 0 Å². The van der Waals surface area contributed by atoms with E-state index in [1.807, 2.05) is 0 Å². The Morgan fingerprint density at radius 1 is 1.18 bits per heavy atom. The Balaban J connectivity index is 2.14. The summed E-state index contributed by atoms with van der Waals surface area (Å²) >= 11 is 0. The van der Waals surface area contributed by atoms with E-state index in [0.717, 1.165) is 5.56 Å². The Labute approximate surface area is 97.8 Å². The van der Waals surface area contributed by atoms with E-state index in [4.69, 9.17) is 0 Å². The fourth-order valence-electron chi connectivity index (χ4n) is 1.29. The maximum Gasteiger partial charge on any atom is 0.247 e. The molecule has 0 unspecified atom stereocenters. The second-order valence-electron chi connectivity index (χ2n) is 3.43. The van der Waals surface area contributed by atoms with Crippen LogP contribution in [0.4, 0.5) is 0 Å². The Hall–Kier alpha value is -1.86. The van der Waals surface area contributed by atoms with Crippen LogP contribution in [-0.2, 0) is 16.6 Å². The summed E-state index contributed by atoms with van der Waals surface area (Å²) in [4.78, 5) is 16.0. The second kappa shape index (κ2) is 4.56. The predicted octanol–water partition coefficient (Wildman–Crippen LogP) is 0.181. The molecule has 3 N–H and O–H groups in total. The van der Waals surface area contributed by atoms with Gasteiger partial charge in [0.2, 0.25) is 15.6 Å². The SMILES string of the molecule is O=c1ccc(S(=O)(=O)NCc2cc[nH]c2)c[nH]1. The lowest BCUT2D eigenvalue weighted by atomic mass is 10.4. The fraction of sp³-hybridized carbons (Fsp3) is 0.100. The number of hydrogen-bond acceptors (Lipinski definition) is 3.